The highest BCUT2D eigenvalue weighted by Crippen LogP contribution is 2.32. The summed E-state index contributed by atoms with van der Waals surface area (Å²) in [6.07, 6.45) is -1.50. The van der Waals surface area contributed by atoms with Gasteiger partial charge in [0, 0.05) is 0 Å². The van der Waals surface area contributed by atoms with Crippen LogP contribution in [0.25, 0.3) is 11.1 Å². The maximum absolute atomic E-state index is 12.2. The van der Waals surface area contributed by atoms with Crippen LogP contribution in [0.3, 0.4) is 0 Å². The van der Waals surface area contributed by atoms with E-state index >= 15 is 0 Å². The third-order valence-electron chi connectivity index (χ3n) is 4.78. The van der Waals surface area contributed by atoms with Gasteiger partial charge in [0.25, 0.3) is 5.91 Å². The molecule has 0 aliphatic carbocycles. The minimum absolute atomic E-state index is 0.0175. The van der Waals surface area contributed by atoms with E-state index in [0.29, 0.717) is 0 Å². The first-order chi connectivity index (χ1) is 14.0. The molecule has 0 spiro atoms. The lowest BCUT2D eigenvalue weighted by Crippen LogP contribution is -2.49. The van der Waals surface area contributed by atoms with Crippen molar-refractivity contribution in [3.05, 3.63) is 83.8 Å². The van der Waals surface area contributed by atoms with E-state index in [-0.39, 0.29) is 24.7 Å². The average molecular weight is 397 g/mol. The predicted octanol–water partition coefficient (Wildman–Crippen LogP) is 2.95. The second-order valence-electron chi connectivity index (χ2n) is 6.76. The highest BCUT2D eigenvalue weighted by Gasteiger charge is 2.44. The number of furan rings is 1. The summed E-state index contributed by atoms with van der Waals surface area (Å²) in [6.45, 7) is 1.02. The summed E-state index contributed by atoms with van der Waals surface area (Å²) in [7, 11) is 0. The molecule has 7 heteroatoms. The van der Waals surface area contributed by atoms with Gasteiger partial charge in [0.1, 0.15) is 24.2 Å². The molecule has 2 atom stereocenters. The van der Waals surface area contributed by atoms with E-state index < -0.39 is 17.6 Å². The first kappa shape index (κ1) is 20.8. The summed E-state index contributed by atoms with van der Waals surface area (Å²) in [5, 5.41) is 28.9. The predicted molar refractivity (Wildman–Crippen MR) is 105 cm³/mol. The number of hydrogen-bond donors (Lipinski definition) is 4. The van der Waals surface area contributed by atoms with Gasteiger partial charge in [-0.2, -0.15) is 0 Å². The quantitative estimate of drug-likeness (QED) is 0.343. The summed E-state index contributed by atoms with van der Waals surface area (Å²) in [6, 6.07) is 20.4. The van der Waals surface area contributed by atoms with E-state index in [4.69, 9.17) is 19.5 Å². The number of benzene rings is 2. The van der Waals surface area contributed by atoms with Crippen molar-refractivity contribution in [2.24, 2.45) is 0 Å². The second-order valence-corrected chi connectivity index (χ2v) is 6.76. The second kappa shape index (κ2) is 9.02. The van der Waals surface area contributed by atoms with Crippen molar-refractivity contribution in [1.29, 1.82) is 0 Å². The Balaban J connectivity index is 1.76. The molecule has 0 fully saturated rings. The molecule has 2 aromatic carbocycles. The lowest BCUT2D eigenvalue weighted by Gasteiger charge is -2.31. The zero-order valence-electron chi connectivity index (χ0n) is 15.9. The summed E-state index contributed by atoms with van der Waals surface area (Å²) < 4.78 is 11.0. The Labute approximate surface area is 168 Å². The van der Waals surface area contributed by atoms with Gasteiger partial charge in [0.15, 0.2) is 5.60 Å². The van der Waals surface area contributed by atoms with E-state index in [9.17, 15) is 9.90 Å². The Bertz CT molecular complexity index is 937. The van der Waals surface area contributed by atoms with E-state index in [1.807, 2.05) is 54.6 Å². The largest absolute Gasteiger partial charge is 0.461 e. The monoisotopic (exact) mass is 397 g/mol. The number of ether oxygens (including phenoxy) is 1. The number of aliphatic hydroxyl groups excluding tert-OH is 2. The van der Waals surface area contributed by atoms with Gasteiger partial charge < -0.3 is 19.4 Å². The summed E-state index contributed by atoms with van der Waals surface area (Å²) in [4.78, 5) is 12.2. The molecule has 0 saturated heterocycles. The number of hydrogen-bond acceptors (Lipinski definition) is 6. The Kier molecular flexibility index (Phi) is 6.46. The number of hydroxylamine groups is 1. The smallest absolute Gasteiger partial charge is 0.278 e. The fourth-order valence-electron chi connectivity index (χ4n) is 2.93. The minimum atomic E-state index is -1.82. The Hall–Kier alpha value is -2.97. The molecule has 0 saturated carbocycles. The fourth-order valence-corrected chi connectivity index (χ4v) is 2.93. The molecular formula is C22H23NO6. The first-order valence-electron chi connectivity index (χ1n) is 9.08. The number of nitrogens with one attached hydrogen (secondary N) is 1. The maximum Gasteiger partial charge on any atom is 0.278 e. The number of carbonyl (C=O) groups excluding carboxylic acids is 1. The lowest BCUT2D eigenvalue weighted by atomic mass is 9.95. The van der Waals surface area contributed by atoms with Crippen LogP contribution < -0.4 is 5.48 Å². The van der Waals surface area contributed by atoms with Gasteiger partial charge in [-0.15, -0.1) is 0 Å². The van der Waals surface area contributed by atoms with E-state index in [1.165, 1.54) is 24.5 Å². The first-order valence-corrected chi connectivity index (χ1v) is 9.08. The normalized spacial score (nSPS) is 14.2. The van der Waals surface area contributed by atoms with Gasteiger partial charge >= 0.3 is 0 Å². The van der Waals surface area contributed by atoms with Crippen LogP contribution >= 0.6 is 0 Å². The molecule has 29 heavy (non-hydrogen) atoms. The maximum atomic E-state index is 12.2. The molecule has 1 heterocycles. The van der Waals surface area contributed by atoms with Gasteiger partial charge in [0.2, 0.25) is 0 Å². The molecule has 4 N–H and O–H groups in total. The van der Waals surface area contributed by atoms with Crippen LogP contribution in [0.2, 0.25) is 0 Å². The molecule has 0 bridgehead atoms. The third kappa shape index (κ3) is 4.55. The van der Waals surface area contributed by atoms with E-state index in [2.05, 4.69) is 0 Å². The molecule has 0 radical (unpaired) electrons. The van der Waals surface area contributed by atoms with Crippen LogP contribution in [0.15, 0.2) is 71.1 Å². The topological polar surface area (TPSA) is 112 Å². The number of rotatable bonds is 8. The summed E-state index contributed by atoms with van der Waals surface area (Å²) in [5.74, 6) is -0.644. The van der Waals surface area contributed by atoms with Crippen LogP contribution in [-0.4, -0.2) is 26.9 Å². The van der Waals surface area contributed by atoms with Crippen LogP contribution in [0.4, 0.5) is 0 Å². The lowest BCUT2D eigenvalue weighted by molar-refractivity contribution is -0.175. The van der Waals surface area contributed by atoms with Gasteiger partial charge in [-0.3, -0.25) is 10.0 Å². The van der Waals surface area contributed by atoms with E-state index in [0.717, 1.165) is 16.7 Å². The Morgan fingerprint density at radius 2 is 1.72 bits per heavy atom. The molecule has 7 nitrogen and oxygen atoms in total. The van der Waals surface area contributed by atoms with Crippen molar-refractivity contribution >= 4 is 5.91 Å². The standard InChI is InChI=1S/C22H23NO6/c1-22(21(26)23-27,20(25)19-12-11-18(13-24)29-19)28-14-15-7-9-17(10-8-15)16-5-3-2-4-6-16/h2-12,20,24-25,27H,13-14H2,1H3,(H,23,26)/t20-,22+/m1/s1. The molecule has 1 aromatic heterocycles. The van der Waals surface area contributed by atoms with Crippen molar-refractivity contribution in [3.63, 3.8) is 0 Å². The van der Waals surface area contributed by atoms with E-state index in [1.54, 1.807) is 0 Å². The molecule has 0 aliphatic heterocycles. The van der Waals surface area contributed by atoms with Gasteiger partial charge in [-0.05, 0) is 35.7 Å². The highest BCUT2D eigenvalue weighted by atomic mass is 16.5. The van der Waals surface area contributed by atoms with Crippen molar-refractivity contribution < 1.29 is 29.4 Å². The Morgan fingerprint density at radius 3 is 2.31 bits per heavy atom. The summed E-state index contributed by atoms with van der Waals surface area (Å²) >= 11 is 0. The Morgan fingerprint density at radius 1 is 1.07 bits per heavy atom. The van der Waals surface area contributed by atoms with Crippen LogP contribution in [0.1, 0.15) is 30.1 Å². The molecule has 3 aromatic rings. The number of carbonyl (C=O) groups is 1. The van der Waals surface area contributed by atoms with Gasteiger partial charge in [0.05, 0.1) is 6.61 Å². The molecule has 3 rings (SSSR count). The van der Waals surface area contributed by atoms with Crippen molar-refractivity contribution in [1.82, 2.24) is 5.48 Å². The number of aliphatic hydroxyl groups is 2. The minimum Gasteiger partial charge on any atom is -0.461 e. The third-order valence-corrected chi connectivity index (χ3v) is 4.78. The molecule has 0 unspecified atom stereocenters. The van der Waals surface area contributed by atoms with Crippen molar-refractivity contribution in [3.8, 4) is 11.1 Å². The van der Waals surface area contributed by atoms with Crippen LogP contribution in [0.5, 0.6) is 0 Å². The summed E-state index contributed by atoms with van der Waals surface area (Å²) in [5.41, 5.74) is 2.61. The zero-order valence-corrected chi connectivity index (χ0v) is 15.9. The highest BCUT2D eigenvalue weighted by molar-refractivity contribution is 5.84. The van der Waals surface area contributed by atoms with Crippen LogP contribution in [0, 0.1) is 0 Å². The molecule has 1 amide bonds. The SMILES string of the molecule is C[C@@](OCc1ccc(-c2ccccc2)cc1)(C(=O)NO)[C@H](O)c1ccc(CO)o1. The zero-order chi connectivity index (χ0) is 20.9. The molecule has 152 valence electrons. The molecular weight excluding hydrogens is 374 g/mol. The van der Waals surface area contributed by atoms with Gasteiger partial charge in [-0.25, -0.2) is 5.48 Å². The molecule has 0 aliphatic rings. The van der Waals surface area contributed by atoms with Crippen LogP contribution in [-0.2, 0) is 22.7 Å². The van der Waals surface area contributed by atoms with Gasteiger partial charge in [-0.1, -0.05) is 54.6 Å². The average Bonchev–Trinajstić information content (AvgIpc) is 3.26. The van der Waals surface area contributed by atoms with Crippen molar-refractivity contribution in [2.75, 3.05) is 0 Å². The number of amides is 1. The van der Waals surface area contributed by atoms with Crippen molar-refractivity contribution in [2.45, 2.75) is 31.8 Å². The fraction of sp³-hybridized carbons (Fsp3) is 0.227.